The fraction of sp³-hybridized carbons (Fsp3) is 0.118. The number of anilines is 1. The van der Waals surface area contributed by atoms with E-state index in [4.69, 9.17) is 15.1 Å². The van der Waals surface area contributed by atoms with Crippen molar-refractivity contribution in [1.82, 2.24) is 0 Å². The molecule has 0 bridgehead atoms. The molecule has 2 aromatic carbocycles. The van der Waals surface area contributed by atoms with E-state index in [9.17, 15) is 4.79 Å². The second-order valence-electron chi connectivity index (χ2n) is 4.66. The largest absolute Gasteiger partial charge is 0.479 e. The normalized spacial score (nSPS) is 10.7. The smallest absolute Gasteiger partial charge is 0.335 e. The van der Waals surface area contributed by atoms with E-state index in [1.54, 1.807) is 24.3 Å². The number of ether oxygens (including phenoxy) is 1. The van der Waals surface area contributed by atoms with Gasteiger partial charge in [0.2, 0.25) is 0 Å². The minimum Gasteiger partial charge on any atom is -0.479 e. The molecule has 0 saturated carbocycles. The second kappa shape index (κ2) is 7.61. The number of hydrazone groups is 1. The van der Waals surface area contributed by atoms with E-state index in [0.717, 1.165) is 11.3 Å². The van der Waals surface area contributed by atoms with E-state index in [1.165, 1.54) is 12.1 Å². The summed E-state index contributed by atoms with van der Waals surface area (Å²) in [6.45, 7) is 1.87. The van der Waals surface area contributed by atoms with Crippen LogP contribution >= 0.6 is 0 Å². The maximum atomic E-state index is 10.8. The Bertz CT molecular complexity index is 744. The first-order valence-electron chi connectivity index (χ1n) is 6.84. The summed E-state index contributed by atoms with van der Waals surface area (Å²) in [7, 11) is 0. The summed E-state index contributed by atoms with van der Waals surface area (Å²) in [5.74, 6) is -0.338. The molecule has 0 spiro atoms. The van der Waals surface area contributed by atoms with Gasteiger partial charge in [-0.05, 0) is 61.0 Å². The van der Waals surface area contributed by atoms with Crippen molar-refractivity contribution in [1.29, 1.82) is 5.26 Å². The Labute approximate surface area is 133 Å². The van der Waals surface area contributed by atoms with Crippen LogP contribution in [0.1, 0.15) is 22.8 Å². The van der Waals surface area contributed by atoms with Crippen LogP contribution in [0, 0.1) is 11.3 Å². The Morgan fingerprint density at radius 2 is 1.78 bits per heavy atom. The molecule has 0 amide bonds. The first-order valence-corrected chi connectivity index (χ1v) is 6.84. The third-order valence-electron chi connectivity index (χ3n) is 3.06. The zero-order valence-corrected chi connectivity index (χ0v) is 12.5. The highest BCUT2D eigenvalue weighted by Gasteiger charge is 2.02. The van der Waals surface area contributed by atoms with Crippen LogP contribution in [-0.4, -0.2) is 23.4 Å². The summed E-state index contributed by atoms with van der Waals surface area (Å²) < 4.78 is 5.19. The van der Waals surface area contributed by atoms with E-state index in [0.29, 0.717) is 11.4 Å². The van der Waals surface area contributed by atoms with Gasteiger partial charge >= 0.3 is 5.97 Å². The number of nitrogens with zero attached hydrogens (tertiary/aromatic N) is 2. The van der Waals surface area contributed by atoms with E-state index < -0.39 is 5.97 Å². The Balaban J connectivity index is 2.01. The Hall–Kier alpha value is -3.33. The highest BCUT2D eigenvalue weighted by atomic mass is 16.5. The third kappa shape index (κ3) is 4.58. The zero-order valence-electron chi connectivity index (χ0n) is 12.5. The van der Waals surface area contributed by atoms with Gasteiger partial charge in [-0.3, -0.25) is 5.43 Å². The van der Waals surface area contributed by atoms with Crippen molar-refractivity contribution < 1.29 is 14.6 Å². The van der Waals surface area contributed by atoms with Crippen molar-refractivity contribution in [2.24, 2.45) is 5.10 Å². The number of aromatic carboxylic acids is 1. The highest BCUT2D eigenvalue weighted by molar-refractivity contribution is 5.99. The number of benzene rings is 2. The Morgan fingerprint density at radius 3 is 2.35 bits per heavy atom. The van der Waals surface area contributed by atoms with Gasteiger partial charge in [-0.15, -0.1) is 0 Å². The zero-order chi connectivity index (χ0) is 16.7. The molecule has 6 heteroatoms. The number of nitrogens with one attached hydrogen (secondary N) is 1. The van der Waals surface area contributed by atoms with Gasteiger partial charge in [0.15, 0.2) is 6.61 Å². The van der Waals surface area contributed by atoms with E-state index >= 15 is 0 Å². The van der Waals surface area contributed by atoms with Gasteiger partial charge in [0.1, 0.15) is 11.8 Å². The van der Waals surface area contributed by atoms with Crippen LogP contribution in [0.4, 0.5) is 5.69 Å². The van der Waals surface area contributed by atoms with Crippen molar-refractivity contribution >= 4 is 17.4 Å². The average Bonchev–Trinajstić information content (AvgIpc) is 2.58. The predicted molar refractivity (Wildman–Crippen MR) is 86.8 cm³/mol. The molecule has 0 aromatic heterocycles. The lowest BCUT2D eigenvalue weighted by molar-refractivity contribution is 0.0697. The van der Waals surface area contributed by atoms with Gasteiger partial charge < -0.3 is 9.84 Å². The number of carboxylic acids is 1. The van der Waals surface area contributed by atoms with E-state index in [1.807, 2.05) is 25.1 Å². The summed E-state index contributed by atoms with van der Waals surface area (Å²) in [5, 5.41) is 21.6. The molecule has 0 radical (unpaired) electrons. The number of rotatable bonds is 6. The fourth-order valence-electron chi connectivity index (χ4n) is 1.81. The van der Waals surface area contributed by atoms with Gasteiger partial charge in [0.05, 0.1) is 17.0 Å². The molecule has 0 heterocycles. The maximum absolute atomic E-state index is 10.8. The highest BCUT2D eigenvalue weighted by Crippen LogP contribution is 2.14. The first kappa shape index (κ1) is 16.0. The lowest BCUT2D eigenvalue weighted by atomic mass is 10.1. The molecule has 0 aliphatic rings. The number of carbonyl (C=O) groups is 1. The molecule has 2 aromatic rings. The lowest BCUT2D eigenvalue weighted by Crippen LogP contribution is -2.01. The molecule has 0 aliphatic carbocycles. The van der Waals surface area contributed by atoms with Crippen molar-refractivity contribution in [3.8, 4) is 11.8 Å². The quantitative estimate of drug-likeness (QED) is 0.631. The summed E-state index contributed by atoms with van der Waals surface area (Å²) in [6, 6.07) is 15.5. The minimum atomic E-state index is -0.963. The SMILES string of the molecule is C/C(=N/Nc1ccc(C(=O)O)cc1)c1ccc(OCC#N)cc1. The van der Waals surface area contributed by atoms with Crippen LogP contribution in [0.3, 0.4) is 0 Å². The third-order valence-corrected chi connectivity index (χ3v) is 3.06. The summed E-state index contributed by atoms with van der Waals surface area (Å²) in [6.07, 6.45) is 0. The van der Waals surface area contributed by atoms with Crippen LogP contribution in [0.15, 0.2) is 53.6 Å². The predicted octanol–water partition coefficient (Wildman–Crippen LogP) is 3.12. The molecule has 0 atom stereocenters. The Kier molecular flexibility index (Phi) is 5.31. The molecule has 0 aliphatic heterocycles. The van der Waals surface area contributed by atoms with Crippen molar-refractivity contribution in [2.75, 3.05) is 12.0 Å². The molecular weight excluding hydrogens is 294 g/mol. The van der Waals surface area contributed by atoms with E-state index in [-0.39, 0.29) is 12.2 Å². The van der Waals surface area contributed by atoms with Gasteiger partial charge in [-0.1, -0.05) is 0 Å². The number of hydrogen-bond acceptors (Lipinski definition) is 5. The molecule has 6 nitrogen and oxygen atoms in total. The van der Waals surface area contributed by atoms with Crippen LogP contribution < -0.4 is 10.2 Å². The minimum absolute atomic E-state index is 0.0142. The number of carboxylic acid groups (broad SMARTS) is 1. The van der Waals surface area contributed by atoms with Gasteiger partial charge in [-0.25, -0.2) is 4.79 Å². The summed E-state index contributed by atoms with van der Waals surface area (Å²) >= 11 is 0. The first-order chi connectivity index (χ1) is 11.1. The molecule has 0 saturated heterocycles. The lowest BCUT2D eigenvalue weighted by Gasteiger charge is -2.06. The standard InChI is InChI=1S/C17H15N3O3/c1-12(13-4-8-16(9-5-13)23-11-10-18)19-20-15-6-2-14(3-7-15)17(21)22/h2-9,20H,11H2,1H3,(H,21,22)/b19-12-. The van der Waals surface area contributed by atoms with Gasteiger partial charge in [-0.2, -0.15) is 10.4 Å². The molecule has 2 rings (SSSR count). The topological polar surface area (TPSA) is 94.7 Å². The average molecular weight is 309 g/mol. The van der Waals surface area contributed by atoms with Crippen molar-refractivity contribution in [2.45, 2.75) is 6.92 Å². The summed E-state index contributed by atoms with van der Waals surface area (Å²) in [4.78, 5) is 10.8. The van der Waals surface area contributed by atoms with Gasteiger partial charge in [0.25, 0.3) is 0 Å². The second-order valence-corrected chi connectivity index (χ2v) is 4.66. The van der Waals surface area contributed by atoms with Crippen LogP contribution in [-0.2, 0) is 0 Å². The van der Waals surface area contributed by atoms with Gasteiger partial charge in [0, 0.05) is 0 Å². The van der Waals surface area contributed by atoms with Crippen molar-refractivity contribution in [3.05, 3.63) is 59.7 Å². The van der Waals surface area contributed by atoms with Crippen LogP contribution in [0.2, 0.25) is 0 Å². The van der Waals surface area contributed by atoms with E-state index in [2.05, 4.69) is 10.5 Å². The van der Waals surface area contributed by atoms with Crippen LogP contribution in [0.25, 0.3) is 0 Å². The fourth-order valence-corrected chi connectivity index (χ4v) is 1.81. The van der Waals surface area contributed by atoms with Crippen molar-refractivity contribution in [3.63, 3.8) is 0 Å². The number of hydrogen-bond donors (Lipinski definition) is 2. The molecule has 0 unspecified atom stereocenters. The number of nitriles is 1. The molecule has 0 fully saturated rings. The monoisotopic (exact) mass is 309 g/mol. The molecule has 2 N–H and O–H groups in total. The molecule has 116 valence electrons. The molecule has 23 heavy (non-hydrogen) atoms. The maximum Gasteiger partial charge on any atom is 0.335 e. The Morgan fingerprint density at radius 1 is 1.17 bits per heavy atom. The summed E-state index contributed by atoms with van der Waals surface area (Å²) in [5.41, 5.74) is 5.47. The van der Waals surface area contributed by atoms with Crippen LogP contribution in [0.5, 0.6) is 5.75 Å². The molecular formula is C17H15N3O3.